The van der Waals surface area contributed by atoms with Crippen molar-refractivity contribution in [3.05, 3.63) is 45.1 Å². The monoisotopic (exact) mass is 323 g/mol. The second kappa shape index (κ2) is 5.52. The lowest BCUT2D eigenvalue weighted by atomic mass is 9.90. The van der Waals surface area contributed by atoms with Gasteiger partial charge in [-0.15, -0.1) is 11.3 Å². The Hall–Kier alpha value is -1.23. The zero-order valence-electron chi connectivity index (χ0n) is 12.1. The van der Waals surface area contributed by atoms with E-state index in [1.807, 2.05) is 30.3 Å². The fourth-order valence-corrected chi connectivity index (χ4v) is 3.56. The van der Waals surface area contributed by atoms with E-state index in [1.165, 1.54) is 11.3 Å². The van der Waals surface area contributed by atoms with Crippen molar-refractivity contribution in [3.63, 3.8) is 0 Å². The zero-order valence-corrected chi connectivity index (χ0v) is 13.6. The lowest BCUT2D eigenvalue weighted by molar-refractivity contribution is 0.0724. The first-order valence-corrected chi connectivity index (χ1v) is 8.08. The third-order valence-corrected chi connectivity index (χ3v) is 4.70. The average molecular weight is 324 g/mol. The van der Waals surface area contributed by atoms with Crippen molar-refractivity contribution in [1.29, 1.82) is 0 Å². The van der Waals surface area contributed by atoms with Gasteiger partial charge in [-0.1, -0.05) is 17.7 Å². The minimum atomic E-state index is -0.244. The molecule has 0 amide bonds. The van der Waals surface area contributed by atoms with Crippen LogP contribution < -0.4 is 15.2 Å². The summed E-state index contributed by atoms with van der Waals surface area (Å²) >= 11 is 7.44. The van der Waals surface area contributed by atoms with Crippen LogP contribution >= 0.6 is 22.9 Å². The summed E-state index contributed by atoms with van der Waals surface area (Å²) in [6.07, 6.45) is 0.813. The molecule has 2 N–H and O–H groups in total. The molecule has 1 atom stereocenters. The van der Waals surface area contributed by atoms with Crippen LogP contribution in [0.4, 0.5) is 0 Å². The third kappa shape index (κ3) is 3.34. The van der Waals surface area contributed by atoms with E-state index in [9.17, 15) is 0 Å². The standard InChI is InChI=1S/C16H18ClNO2S/c1-16(2)8-13(18)12-5-3-10(7-14(12)20-16)19-9-11-4-6-15(17)21-11/h3-7,13H,8-9,18H2,1-2H3. The highest BCUT2D eigenvalue weighted by Gasteiger charge is 2.31. The van der Waals surface area contributed by atoms with Gasteiger partial charge in [-0.3, -0.25) is 0 Å². The number of thiophene rings is 1. The van der Waals surface area contributed by atoms with Gasteiger partial charge in [0.05, 0.1) is 4.34 Å². The fraction of sp³-hybridized carbons (Fsp3) is 0.375. The smallest absolute Gasteiger partial charge is 0.128 e. The lowest BCUT2D eigenvalue weighted by Crippen LogP contribution is -2.37. The van der Waals surface area contributed by atoms with Crippen LogP contribution in [-0.2, 0) is 6.61 Å². The first kappa shape index (κ1) is 14.7. The van der Waals surface area contributed by atoms with Gasteiger partial charge in [0.1, 0.15) is 23.7 Å². The molecule has 0 saturated carbocycles. The maximum absolute atomic E-state index is 6.21. The molecule has 0 bridgehead atoms. The Morgan fingerprint density at radius 2 is 2.19 bits per heavy atom. The molecule has 5 heteroatoms. The summed E-state index contributed by atoms with van der Waals surface area (Å²) in [5.41, 5.74) is 7.00. The Morgan fingerprint density at radius 1 is 1.38 bits per heavy atom. The second-order valence-corrected chi connectivity index (χ2v) is 7.67. The largest absolute Gasteiger partial charge is 0.488 e. The molecule has 0 fully saturated rings. The minimum Gasteiger partial charge on any atom is -0.488 e. The van der Waals surface area contributed by atoms with Crippen LogP contribution in [0.2, 0.25) is 4.34 Å². The van der Waals surface area contributed by atoms with E-state index in [0.29, 0.717) is 6.61 Å². The molecule has 0 spiro atoms. The Bertz CT molecular complexity index is 653. The zero-order chi connectivity index (χ0) is 15.0. The molecule has 0 radical (unpaired) electrons. The SMILES string of the molecule is CC1(C)CC(N)c2ccc(OCc3ccc(Cl)s3)cc2O1. The van der Waals surface area contributed by atoms with Crippen LogP contribution in [0.25, 0.3) is 0 Å². The second-order valence-electron chi connectivity index (χ2n) is 5.87. The molecule has 112 valence electrons. The molecule has 3 rings (SSSR count). The van der Waals surface area contributed by atoms with Gasteiger partial charge < -0.3 is 15.2 Å². The molecule has 1 aliphatic heterocycles. The van der Waals surface area contributed by atoms with Crippen LogP contribution in [0, 0.1) is 0 Å². The van der Waals surface area contributed by atoms with Crippen molar-refractivity contribution in [2.75, 3.05) is 0 Å². The maximum atomic E-state index is 6.21. The number of ether oxygens (including phenoxy) is 2. The molecule has 0 aliphatic carbocycles. The van der Waals surface area contributed by atoms with Crippen molar-refractivity contribution in [2.24, 2.45) is 5.73 Å². The minimum absolute atomic E-state index is 0.00824. The summed E-state index contributed by atoms with van der Waals surface area (Å²) in [7, 11) is 0. The van der Waals surface area contributed by atoms with E-state index < -0.39 is 0 Å². The van der Waals surface area contributed by atoms with Gasteiger partial charge >= 0.3 is 0 Å². The molecular formula is C16H18ClNO2S. The molecule has 3 nitrogen and oxygen atoms in total. The van der Waals surface area contributed by atoms with Gasteiger partial charge in [0.25, 0.3) is 0 Å². The molecule has 1 unspecified atom stereocenters. The van der Waals surface area contributed by atoms with Gasteiger partial charge in [0, 0.05) is 29.0 Å². The molecule has 21 heavy (non-hydrogen) atoms. The quantitative estimate of drug-likeness (QED) is 0.901. The number of rotatable bonds is 3. The topological polar surface area (TPSA) is 44.5 Å². The summed E-state index contributed by atoms with van der Waals surface area (Å²) < 4.78 is 12.6. The molecular weight excluding hydrogens is 306 g/mol. The predicted octanol–water partition coefficient (Wildman–Crippen LogP) is 4.54. The van der Waals surface area contributed by atoms with E-state index in [2.05, 4.69) is 13.8 Å². The number of hydrogen-bond acceptors (Lipinski definition) is 4. The first-order chi connectivity index (χ1) is 9.93. The summed E-state index contributed by atoms with van der Waals surface area (Å²) in [6.45, 7) is 4.61. The first-order valence-electron chi connectivity index (χ1n) is 6.88. The predicted molar refractivity (Wildman–Crippen MR) is 86.4 cm³/mol. The summed E-state index contributed by atoms with van der Waals surface area (Å²) in [5, 5.41) is 0. The van der Waals surface area contributed by atoms with Gasteiger partial charge in [0.2, 0.25) is 0 Å². The summed E-state index contributed by atoms with van der Waals surface area (Å²) in [6, 6.07) is 9.71. The van der Waals surface area contributed by atoms with Crippen LogP contribution in [0.5, 0.6) is 11.5 Å². The van der Waals surface area contributed by atoms with Crippen molar-refractivity contribution >= 4 is 22.9 Å². The molecule has 0 saturated heterocycles. The Balaban J connectivity index is 1.76. The molecule has 1 aliphatic rings. The maximum Gasteiger partial charge on any atom is 0.128 e. The van der Waals surface area contributed by atoms with E-state index in [4.69, 9.17) is 26.8 Å². The third-order valence-electron chi connectivity index (χ3n) is 3.49. The molecule has 1 aromatic carbocycles. The molecule has 1 aromatic heterocycles. The van der Waals surface area contributed by atoms with E-state index in [1.54, 1.807) is 0 Å². The highest BCUT2D eigenvalue weighted by atomic mass is 35.5. The van der Waals surface area contributed by atoms with Crippen molar-refractivity contribution in [1.82, 2.24) is 0 Å². The fourth-order valence-electron chi connectivity index (χ4n) is 2.56. The normalized spacial score (nSPS) is 19.7. The van der Waals surface area contributed by atoms with Crippen molar-refractivity contribution in [3.8, 4) is 11.5 Å². The average Bonchev–Trinajstić information content (AvgIpc) is 2.80. The summed E-state index contributed by atoms with van der Waals surface area (Å²) in [4.78, 5) is 1.09. The van der Waals surface area contributed by atoms with Gasteiger partial charge in [-0.05, 0) is 32.0 Å². The van der Waals surface area contributed by atoms with Crippen LogP contribution in [0.3, 0.4) is 0 Å². The molecule has 2 aromatic rings. The number of halogens is 1. The van der Waals surface area contributed by atoms with Crippen molar-refractivity contribution < 1.29 is 9.47 Å². The van der Waals surface area contributed by atoms with Crippen molar-refractivity contribution in [2.45, 2.75) is 38.5 Å². The van der Waals surface area contributed by atoms with Crippen LogP contribution in [0.1, 0.15) is 36.8 Å². The van der Waals surface area contributed by atoms with Crippen LogP contribution in [0.15, 0.2) is 30.3 Å². The molecule has 2 heterocycles. The Morgan fingerprint density at radius 3 is 2.90 bits per heavy atom. The summed E-state index contributed by atoms with van der Waals surface area (Å²) in [5.74, 6) is 1.60. The Kier molecular flexibility index (Phi) is 3.86. The number of fused-ring (bicyclic) bond motifs is 1. The highest BCUT2D eigenvalue weighted by Crippen LogP contribution is 2.40. The highest BCUT2D eigenvalue weighted by molar-refractivity contribution is 7.16. The van der Waals surface area contributed by atoms with E-state index in [0.717, 1.165) is 32.7 Å². The van der Waals surface area contributed by atoms with Gasteiger partial charge in [0.15, 0.2) is 0 Å². The van der Waals surface area contributed by atoms with Gasteiger partial charge in [-0.25, -0.2) is 0 Å². The van der Waals surface area contributed by atoms with Gasteiger partial charge in [-0.2, -0.15) is 0 Å². The Labute approximate surface area is 133 Å². The van der Waals surface area contributed by atoms with E-state index in [-0.39, 0.29) is 11.6 Å². The van der Waals surface area contributed by atoms with E-state index >= 15 is 0 Å². The number of hydrogen-bond donors (Lipinski definition) is 1. The van der Waals surface area contributed by atoms with Crippen LogP contribution in [-0.4, -0.2) is 5.60 Å². The lowest BCUT2D eigenvalue weighted by Gasteiger charge is -2.36. The number of benzene rings is 1. The number of nitrogens with two attached hydrogens (primary N) is 1.